The summed E-state index contributed by atoms with van der Waals surface area (Å²) in [5.41, 5.74) is 0.421. The van der Waals surface area contributed by atoms with Gasteiger partial charge in [0.05, 0.1) is 21.4 Å². The Morgan fingerprint density at radius 1 is 1.48 bits per heavy atom. The van der Waals surface area contributed by atoms with E-state index in [4.69, 9.17) is 5.26 Å². The van der Waals surface area contributed by atoms with Crippen LogP contribution < -0.4 is 0 Å². The molecule has 0 aliphatic heterocycles. The zero-order chi connectivity index (χ0) is 17.6. The maximum absolute atomic E-state index is 12.1. The van der Waals surface area contributed by atoms with E-state index in [9.17, 15) is 17.4 Å². The number of nitriles is 1. The molecule has 25 heavy (non-hydrogen) atoms. The normalized spacial score (nSPS) is 12.6. The molecule has 0 saturated carbocycles. The van der Waals surface area contributed by atoms with Gasteiger partial charge in [-0.05, 0) is 12.0 Å². The third-order valence-corrected chi connectivity index (χ3v) is 4.04. The molecule has 6 nitrogen and oxygen atoms in total. The number of halogens is 3. The van der Waals surface area contributed by atoms with Gasteiger partial charge in [-0.15, -0.1) is 0 Å². The zero-order valence-corrected chi connectivity index (χ0v) is 17.6. The van der Waals surface area contributed by atoms with Crippen LogP contribution in [0.1, 0.15) is 37.9 Å². The van der Waals surface area contributed by atoms with Gasteiger partial charge in [0.25, 0.3) is 0 Å². The molecule has 0 spiro atoms. The standard InChI is InChI=1S/C14H16F3N3O2S.H2O.Y/c1-4-23(21)12-5-10(7-19-13(12)9(2)3)11(6-18)20-22-8-14(15,16)17;;/h5,7,9H,4,8H2,1-3H3;1H2;/b20-11+;;. The maximum Gasteiger partial charge on any atom is 0.425 e. The van der Waals surface area contributed by atoms with Crippen molar-refractivity contribution in [1.82, 2.24) is 4.98 Å². The molecule has 11 heteroatoms. The summed E-state index contributed by atoms with van der Waals surface area (Å²) in [5.74, 6) is 0.368. The van der Waals surface area contributed by atoms with Crippen LogP contribution in [0.3, 0.4) is 0 Å². The minimum Gasteiger partial charge on any atom is -0.412 e. The van der Waals surface area contributed by atoms with Crippen molar-refractivity contribution in [1.29, 1.82) is 5.26 Å². The number of rotatable bonds is 6. The number of alkyl halides is 3. The summed E-state index contributed by atoms with van der Waals surface area (Å²) in [7, 11) is -1.32. The van der Waals surface area contributed by atoms with Gasteiger partial charge < -0.3 is 10.3 Å². The predicted octanol–water partition coefficient (Wildman–Crippen LogP) is 2.31. The van der Waals surface area contributed by atoms with Crippen LogP contribution in [-0.4, -0.2) is 38.9 Å². The van der Waals surface area contributed by atoms with Crippen LogP contribution in [0.25, 0.3) is 0 Å². The molecule has 2 N–H and O–H groups in total. The fourth-order valence-electron chi connectivity index (χ4n) is 1.66. The molecule has 0 bridgehead atoms. The van der Waals surface area contributed by atoms with Gasteiger partial charge in [0.2, 0.25) is 6.61 Å². The molecule has 1 aromatic rings. The molecule has 0 aromatic carbocycles. The molecule has 1 atom stereocenters. The van der Waals surface area contributed by atoms with Gasteiger partial charge in [-0.1, -0.05) is 25.9 Å². The molecule has 1 rings (SSSR count). The van der Waals surface area contributed by atoms with Gasteiger partial charge in [0.15, 0.2) is 5.71 Å². The van der Waals surface area contributed by atoms with Crippen molar-refractivity contribution in [2.24, 2.45) is 5.16 Å². The van der Waals surface area contributed by atoms with E-state index in [1.54, 1.807) is 13.0 Å². The van der Waals surface area contributed by atoms with Crippen LogP contribution in [0.4, 0.5) is 13.2 Å². The molecule has 1 unspecified atom stereocenters. The van der Waals surface area contributed by atoms with Crippen molar-refractivity contribution in [2.75, 3.05) is 12.4 Å². The Labute approximate surface area is 171 Å². The number of hydrogen-bond acceptors (Lipinski definition) is 5. The SMILES string of the molecule is CCS(=O)c1cc(/C(C#N)=N/OCC(F)(F)F)cnc1C(C)C.O.[Y]. The topological polar surface area (TPSA) is 107 Å². The van der Waals surface area contributed by atoms with Gasteiger partial charge in [0, 0.05) is 50.2 Å². The van der Waals surface area contributed by atoms with Gasteiger partial charge in [-0.2, -0.15) is 18.4 Å². The minimum absolute atomic E-state index is 0. The van der Waals surface area contributed by atoms with E-state index in [0.29, 0.717) is 16.3 Å². The molecule has 0 amide bonds. The van der Waals surface area contributed by atoms with E-state index in [1.165, 1.54) is 12.3 Å². The number of aromatic nitrogens is 1. The van der Waals surface area contributed by atoms with E-state index in [0.717, 1.165) is 0 Å². The monoisotopic (exact) mass is 454 g/mol. The minimum atomic E-state index is -4.54. The van der Waals surface area contributed by atoms with Crippen molar-refractivity contribution in [3.05, 3.63) is 23.5 Å². The van der Waals surface area contributed by atoms with Gasteiger partial charge in [0.1, 0.15) is 6.07 Å². The molecule has 1 heterocycles. The van der Waals surface area contributed by atoms with Crippen LogP contribution in [-0.2, 0) is 48.3 Å². The first-order valence-corrected chi connectivity index (χ1v) is 8.07. The van der Waals surface area contributed by atoms with Gasteiger partial charge in [-0.25, -0.2) is 0 Å². The van der Waals surface area contributed by atoms with E-state index in [2.05, 4.69) is 15.0 Å². The smallest absolute Gasteiger partial charge is 0.412 e. The van der Waals surface area contributed by atoms with Crippen molar-refractivity contribution < 1.29 is 60.4 Å². The second-order valence-corrected chi connectivity index (χ2v) is 6.54. The van der Waals surface area contributed by atoms with Crippen molar-refractivity contribution in [3.8, 4) is 6.07 Å². The Balaban J connectivity index is 0. The fraction of sp³-hybridized carbons (Fsp3) is 0.500. The Hall–Kier alpha value is -0.886. The quantitative estimate of drug-likeness (QED) is 0.486. The van der Waals surface area contributed by atoms with Crippen LogP contribution >= 0.6 is 0 Å². The number of pyridine rings is 1. The summed E-state index contributed by atoms with van der Waals surface area (Å²) >= 11 is 0. The van der Waals surface area contributed by atoms with Crippen LogP contribution in [0.5, 0.6) is 0 Å². The van der Waals surface area contributed by atoms with Crippen molar-refractivity contribution >= 4 is 16.5 Å². The summed E-state index contributed by atoms with van der Waals surface area (Å²) in [6, 6.07) is 3.12. The average Bonchev–Trinajstić information content (AvgIpc) is 2.49. The van der Waals surface area contributed by atoms with E-state index >= 15 is 0 Å². The molecule has 1 aromatic heterocycles. The van der Waals surface area contributed by atoms with Crippen molar-refractivity contribution in [3.63, 3.8) is 0 Å². The number of nitrogens with zero attached hydrogens (tertiary/aromatic N) is 3. The third-order valence-electron chi connectivity index (χ3n) is 2.70. The van der Waals surface area contributed by atoms with E-state index in [1.807, 2.05) is 13.8 Å². The second-order valence-electron chi connectivity index (χ2n) is 4.84. The molecule has 0 aliphatic carbocycles. The van der Waals surface area contributed by atoms with Crippen molar-refractivity contribution in [2.45, 2.75) is 37.8 Å². The second kappa shape index (κ2) is 11.7. The summed E-state index contributed by atoms with van der Waals surface area (Å²) in [5, 5.41) is 12.2. The fourth-order valence-corrected chi connectivity index (χ4v) is 2.75. The zero-order valence-electron chi connectivity index (χ0n) is 13.9. The van der Waals surface area contributed by atoms with Crippen LogP contribution in [0.15, 0.2) is 22.3 Å². The van der Waals surface area contributed by atoms with Gasteiger partial charge in [-0.3, -0.25) is 9.19 Å². The average molecular weight is 454 g/mol. The number of hydrogen-bond donors (Lipinski definition) is 0. The Kier molecular flexibility index (Phi) is 12.3. The largest absolute Gasteiger partial charge is 0.425 e. The Morgan fingerprint density at radius 2 is 2.08 bits per heavy atom. The summed E-state index contributed by atoms with van der Waals surface area (Å²) in [6.45, 7) is 3.90. The molecular weight excluding hydrogens is 436 g/mol. The third kappa shape index (κ3) is 8.36. The molecule has 0 aliphatic rings. The summed E-state index contributed by atoms with van der Waals surface area (Å²) < 4.78 is 48.2. The molecule has 1 radical (unpaired) electrons. The first-order chi connectivity index (χ1) is 10.7. The van der Waals surface area contributed by atoms with E-state index < -0.39 is 23.6 Å². The molecule has 0 fully saturated rings. The maximum atomic E-state index is 12.1. The summed E-state index contributed by atoms with van der Waals surface area (Å²) in [4.78, 5) is 8.76. The number of oxime groups is 1. The van der Waals surface area contributed by atoms with Crippen LogP contribution in [0.2, 0.25) is 0 Å². The molecule has 137 valence electrons. The Bertz CT molecular complexity index is 661. The van der Waals surface area contributed by atoms with E-state index in [-0.39, 0.29) is 55.4 Å². The molecule has 0 saturated heterocycles. The summed E-state index contributed by atoms with van der Waals surface area (Å²) in [6.07, 6.45) is -3.23. The predicted molar refractivity (Wildman–Crippen MR) is 83.0 cm³/mol. The first-order valence-electron chi connectivity index (χ1n) is 6.75. The van der Waals surface area contributed by atoms with Crippen LogP contribution in [0, 0.1) is 11.3 Å². The Morgan fingerprint density at radius 3 is 2.52 bits per heavy atom. The first kappa shape index (κ1) is 26.3. The van der Waals surface area contributed by atoms with Gasteiger partial charge >= 0.3 is 6.18 Å². The molecular formula is C14H18F3N3O3SY.